The van der Waals surface area contributed by atoms with Gasteiger partial charge in [-0.1, -0.05) is 25.5 Å². The zero-order valence-corrected chi connectivity index (χ0v) is 14.7. The zero-order valence-electron chi connectivity index (χ0n) is 14.7. The summed E-state index contributed by atoms with van der Waals surface area (Å²) in [5.41, 5.74) is 9.20. The van der Waals surface area contributed by atoms with Crippen molar-refractivity contribution >= 4 is 0 Å². The van der Waals surface area contributed by atoms with Gasteiger partial charge in [0.05, 0.1) is 12.0 Å². The second-order valence-corrected chi connectivity index (χ2v) is 6.33. The molecule has 0 amide bonds. The predicted octanol–water partition coefficient (Wildman–Crippen LogP) is 3.37. The molecule has 0 aliphatic carbocycles. The number of hydrogen-bond donors (Lipinski definition) is 2. The van der Waals surface area contributed by atoms with Crippen molar-refractivity contribution in [2.24, 2.45) is 5.73 Å². The lowest BCUT2D eigenvalue weighted by Crippen LogP contribution is -2.21. The molecule has 0 spiro atoms. The van der Waals surface area contributed by atoms with Crippen LogP contribution in [-0.2, 0) is 6.42 Å². The van der Waals surface area contributed by atoms with Crippen LogP contribution in [0.15, 0.2) is 35.7 Å². The molecule has 0 bridgehead atoms. The van der Waals surface area contributed by atoms with Crippen molar-refractivity contribution < 1.29 is 9.47 Å². The highest BCUT2D eigenvalue weighted by molar-refractivity contribution is 5.55. The molecular formula is C19H22N4O2. The highest BCUT2D eigenvalue weighted by Gasteiger charge is 2.34. The Morgan fingerprint density at radius 2 is 2.08 bits per heavy atom. The van der Waals surface area contributed by atoms with E-state index >= 15 is 0 Å². The monoisotopic (exact) mass is 338 g/mol. The van der Waals surface area contributed by atoms with Gasteiger partial charge in [0, 0.05) is 11.3 Å². The first kappa shape index (κ1) is 16.9. The Bertz CT molecular complexity index is 828. The van der Waals surface area contributed by atoms with E-state index in [4.69, 9.17) is 15.2 Å². The number of fused-ring (bicyclic) bond motifs is 1. The summed E-state index contributed by atoms with van der Waals surface area (Å²) in [5, 5.41) is 16.9. The van der Waals surface area contributed by atoms with E-state index in [-0.39, 0.29) is 17.9 Å². The van der Waals surface area contributed by atoms with Crippen molar-refractivity contribution in [2.75, 3.05) is 0 Å². The van der Waals surface area contributed by atoms with Crippen LogP contribution in [-0.4, -0.2) is 16.3 Å². The van der Waals surface area contributed by atoms with Crippen molar-refractivity contribution in [3.8, 4) is 17.7 Å². The molecule has 0 unspecified atom stereocenters. The van der Waals surface area contributed by atoms with Crippen LogP contribution in [0.5, 0.6) is 11.6 Å². The summed E-state index contributed by atoms with van der Waals surface area (Å²) in [6, 6.07) is 9.96. The van der Waals surface area contributed by atoms with Crippen molar-refractivity contribution in [2.45, 2.75) is 45.6 Å². The Morgan fingerprint density at radius 3 is 2.68 bits per heavy atom. The van der Waals surface area contributed by atoms with Gasteiger partial charge in [0.15, 0.2) is 0 Å². The Balaban J connectivity index is 2.06. The lowest BCUT2D eigenvalue weighted by molar-refractivity contribution is 0.242. The van der Waals surface area contributed by atoms with Gasteiger partial charge in [-0.15, -0.1) is 5.10 Å². The number of rotatable bonds is 5. The summed E-state index contributed by atoms with van der Waals surface area (Å²) in [6.45, 7) is 6.07. The fourth-order valence-electron chi connectivity index (χ4n) is 3.09. The molecule has 1 aromatic carbocycles. The standard InChI is InChI=1S/C19H22N4O2/c1-4-5-15-17-16(12-6-8-13(9-7-12)24-11(2)3)14(10-20)18(21)25-19(17)23-22-15/h6-9,11,16H,4-5,21H2,1-3H3,(H,22,23)/t16-/m1/s1. The molecular weight excluding hydrogens is 316 g/mol. The Kier molecular flexibility index (Phi) is 4.66. The Hall–Kier alpha value is -2.94. The topological polar surface area (TPSA) is 97.0 Å². The van der Waals surface area contributed by atoms with E-state index in [9.17, 15) is 5.26 Å². The maximum Gasteiger partial charge on any atom is 0.244 e. The summed E-state index contributed by atoms with van der Waals surface area (Å²) < 4.78 is 11.3. The largest absolute Gasteiger partial charge is 0.491 e. The van der Waals surface area contributed by atoms with Crippen LogP contribution in [0.25, 0.3) is 0 Å². The molecule has 1 aliphatic heterocycles. The lowest BCUT2D eigenvalue weighted by Gasteiger charge is -2.24. The maximum atomic E-state index is 9.63. The maximum absolute atomic E-state index is 9.63. The minimum Gasteiger partial charge on any atom is -0.491 e. The second-order valence-electron chi connectivity index (χ2n) is 6.33. The van der Waals surface area contributed by atoms with E-state index in [2.05, 4.69) is 23.2 Å². The quantitative estimate of drug-likeness (QED) is 0.871. The molecule has 0 saturated heterocycles. The van der Waals surface area contributed by atoms with Crippen LogP contribution >= 0.6 is 0 Å². The van der Waals surface area contributed by atoms with E-state index in [0.29, 0.717) is 11.5 Å². The van der Waals surface area contributed by atoms with Gasteiger partial charge in [-0.05, 0) is 38.0 Å². The number of hydrogen-bond acceptors (Lipinski definition) is 5. The molecule has 6 nitrogen and oxygen atoms in total. The summed E-state index contributed by atoms with van der Waals surface area (Å²) in [5.74, 6) is 1.06. The average Bonchev–Trinajstić information content (AvgIpc) is 2.96. The molecule has 130 valence electrons. The third-order valence-corrected chi connectivity index (χ3v) is 4.10. The van der Waals surface area contributed by atoms with Gasteiger partial charge in [0.25, 0.3) is 0 Å². The van der Waals surface area contributed by atoms with Gasteiger partial charge in [-0.3, -0.25) is 5.10 Å². The molecule has 1 atom stereocenters. The Morgan fingerprint density at radius 1 is 1.36 bits per heavy atom. The fraction of sp³-hybridized carbons (Fsp3) is 0.368. The minimum atomic E-state index is -0.290. The number of nitriles is 1. The van der Waals surface area contributed by atoms with Gasteiger partial charge in [0.1, 0.15) is 17.4 Å². The molecule has 1 aliphatic rings. The minimum absolute atomic E-state index is 0.107. The number of benzene rings is 1. The SMILES string of the molecule is CCCc1[nH]nc2c1[C@H](c1ccc(OC(C)C)cc1)C(C#N)=C(N)O2. The number of H-pyrrole nitrogens is 1. The fourth-order valence-corrected chi connectivity index (χ4v) is 3.09. The molecule has 2 heterocycles. The summed E-state index contributed by atoms with van der Waals surface area (Å²) >= 11 is 0. The van der Waals surface area contributed by atoms with Gasteiger partial charge in [0.2, 0.25) is 11.8 Å². The van der Waals surface area contributed by atoms with Crippen molar-refractivity contribution in [1.29, 1.82) is 5.26 Å². The summed E-state index contributed by atoms with van der Waals surface area (Å²) in [4.78, 5) is 0. The smallest absolute Gasteiger partial charge is 0.244 e. The first-order valence-corrected chi connectivity index (χ1v) is 8.46. The van der Waals surface area contributed by atoms with Crippen LogP contribution < -0.4 is 15.2 Å². The molecule has 0 radical (unpaired) electrons. The number of nitrogens with two attached hydrogens (primary N) is 1. The van der Waals surface area contributed by atoms with E-state index in [1.807, 2.05) is 38.1 Å². The number of aromatic nitrogens is 2. The second kappa shape index (κ2) is 6.89. The number of nitrogens with one attached hydrogen (secondary N) is 1. The number of allylic oxidation sites excluding steroid dienone is 1. The highest BCUT2D eigenvalue weighted by atomic mass is 16.5. The average molecular weight is 338 g/mol. The van der Waals surface area contributed by atoms with Crippen LogP contribution in [0.2, 0.25) is 0 Å². The third kappa shape index (κ3) is 3.18. The van der Waals surface area contributed by atoms with Crippen molar-refractivity contribution in [3.63, 3.8) is 0 Å². The lowest BCUT2D eigenvalue weighted by atomic mass is 9.83. The first-order chi connectivity index (χ1) is 12.0. The van der Waals surface area contributed by atoms with Crippen LogP contribution in [0, 0.1) is 11.3 Å². The molecule has 0 saturated carbocycles. The molecule has 6 heteroatoms. The zero-order chi connectivity index (χ0) is 18.0. The number of aryl methyl sites for hydroxylation is 1. The molecule has 3 N–H and O–H groups in total. The molecule has 3 rings (SSSR count). The van der Waals surface area contributed by atoms with Crippen molar-refractivity contribution in [1.82, 2.24) is 10.2 Å². The van der Waals surface area contributed by atoms with Crippen molar-refractivity contribution in [3.05, 3.63) is 52.5 Å². The van der Waals surface area contributed by atoms with Gasteiger partial charge >= 0.3 is 0 Å². The van der Waals surface area contributed by atoms with Crippen LogP contribution in [0.1, 0.15) is 49.9 Å². The predicted molar refractivity (Wildman–Crippen MR) is 94.1 cm³/mol. The van der Waals surface area contributed by atoms with E-state index in [1.165, 1.54) is 0 Å². The number of ether oxygens (including phenoxy) is 2. The summed E-state index contributed by atoms with van der Waals surface area (Å²) in [6.07, 6.45) is 1.90. The Labute approximate surface area is 147 Å². The third-order valence-electron chi connectivity index (χ3n) is 4.10. The molecule has 25 heavy (non-hydrogen) atoms. The van der Waals surface area contributed by atoms with E-state index in [0.717, 1.165) is 35.4 Å². The van der Waals surface area contributed by atoms with Gasteiger partial charge < -0.3 is 15.2 Å². The normalized spacial score (nSPS) is 16.4. The number of aromatic amines is 1. The highest BCUT2D eigenvalue weighted by Crippen LogP contribution is 2.43. The van der Waals surface area contributed by atoms with E-state index in [1.54, 1.807) is 0 Å². The van der Waals surface area contributed by atoms with Crippen LogP contribution in [0.3, 0.4) is 0 Å². The summed E-state index contributed by atoms with van der Waals surface area (Å²) in [7, 11) is 0. The van der Waals surface area contributed by atoms with E-state index < -0.39 is 0 Å². The molecule has 2 aromatic rings. The molecule has 0 fully saturated rings. The first-order valence-electron chi connectivity index (χ1n) is 8.46. The molecule has 1 aromatic heterocycles. The number of nitrogens with zero attached hydrogens (tertiary/aromatic N) is 2. The van der Waals surface area contributed by atoms with Gasteiger partial charge in [-0.25, -0.2) is 0 Å². The van der Waals surface area contributed by atoms with Crippen LogP contribution in [0.4, 0.5) is 0 Å². The van der Waals surface area contributed by atoms with Gasteiger partial charge in [-0.2, -0.15) is 5.26 Å².